The van der Waals surface area contributed by atoms with E-state index in [4.69, 9.17) is 22.1 Å². The molecule has 5 rings (SSSR count). The minimum atomic E-state index is 0.655. The molecule has 0 bridgehead atoms. The average Bonchev–Trinajstić information content (AvgIpc) is 3.05. The second-order valence-electron chi connectivity index (χ2n) is 8.32. The van der Waals surface area contributed by atoms with Gasteiger partial charge in [-0.05, 0) is 67.2 Å². The highest BCUT2D eigenvalue weighted by atomic mass is 32.1. The van der Waals surface area contributed by atoms with Gasteiger partial charge in [0.1, 0.15) is 5.75 Å². The zero-order valence-electron chi connectivity index (χ0n) is 19.2. The lowest BCUT2D eigenvalue weighted by Crippen LogP contribution is -2.32. The summed E-state index contributed by atoms with van der Waals surface area (Å²) in [4.78, 5) is 9.15. The first-order valence-electron chi connectivity index (χ1n) is 11.5. The molecular weight excluding hydrogens is 444 g/mol. The van der Waals surface area contributed by atoms with Gasteiger partial charge in [-0.15, -0.1) is 5.10 Å². The van der Waals surface area contributed by atoms with E-state index in [-0.39, 0.29) is 0 Å². The third-order valence-electron chi connectivity index (χ3n) is 6.13. The normalized spacial score (nSPS) is 14.7. The molecule has 0 saturated carbocycles. The van der Waals surface area contributed by atoms with Crippen LogP contribution >= 0.6 is 12.2 Å². The highest BCUT2D eigenvalue weighted by Gasteiger charge is 2.19. The summed E-state index contributed by atoms with van der Waals surface area (Å²) in [6.07, 6.45) is 4.68. The third kappa shape index (κ3) is 4.73. The zero-order valence-corrected chi connectivity index (χ0v) is 20.1. The molecule has 1 saturated heterocycles. The van der Waals surface area contributed by atoms with Crippen LogP contribution in [0.25, 0.3) is 17.1 Å². The van der Waals surface area contributed by atoms with Gasteiger partial charge in [0.05, 0.1) is 13.8 Å². The van der Waals surface area contributed by atoms with Gasteiger partial charge in [-0.25, -0.2) is 4.68 Å². The van der Waals surface area contributed by atoms with Crippen molar-refractivity contribution in [1.82, 2.24) is 24.2 Å². The van der Waals surface area contributed by atoms with Gasteiger partial charge in [-0.3, -0.25) is 14.5 Å². The summed E-state index contributed by atoms with van der Waals surface area (Å²) in [7, 11) is 1.70. The number of ether oxygens (including phenoxy) is 1. The molecule has 7 nitrogen and oxygen atoms in total. The predicted molar refractivity (Wildman–Crippen MR) is 137 cm³/mol. The molecule has 0 N–H and O–H groups in total. The van der Waals surface area contributed by atoms with Gasteiger partial charge in [0.25, 0.3) is 0 Å². The lowest BCUT2D eigenvalue weighted by molar-refractivity contribution is 0.220. The van der Waals surface area contributed by atoms with E-state index in [1.165, 1.54) is 5.69 Å². The van der Waals surface area contributed by atoms with Crippen LogP contribution in [0.15, 0.2) is 79.1 Å². The van der Waals surface area contributed by atoms with Crippen molar-refractivity contribution in [1.29, 1.82) is 0 Å². The van der Waals surface area contributed by atoms with Crippen LogP contribution in [0, 0.1) is 4.77 Å². The fourth-order valence-corrected chi connectivity index (χ4v) is 4.64. The number of methoxy groups -OCH3 is 1. The molecular formula is C26H28N6OS. The highest BCUT2D eigenvalue weighted by molar-refractivity contribution is 7.71. The first-order chi connectivity index (χ1) is 16.7. The number of hydrogen-bond donors (Lipinski definition) is 0. The molecule has 0 spiro atoms. The topological polar surface area (TPSA) is 51.4 Å². The summed E-state index contributed by atoms with van der Waals surface area (Å²) in [6.45, 7) is 4.56. The number of hydrogen-bond acceptors (Lipinski definition) is 6. The number of rotatable bonds is 6. The Hall–Kier alpha value is -3.49. The first-order valence-corrected chi connectivity index (χ1v) is 11.9. The third-order valence-corrected chi connectivity index (χ3v) is 6.53. The smallest absolute Gasteiger partial charge is 0.204 e. The van der Waals surface area contributed by atoms with Crippen LogP contribution in [0.2, 0.25) is 0 Å². The molecule has 3 heterocycles. The van der Waals surface area contributed by atoms with E-state index in [1.807, 2.05) is 57.9 Å². The van der Waals surface area contributed by atoms with Gasteiger partial charge in [0.15, 0.2) is 5.82 Å². The second-order valence-corrected chi connectivity index (χ2v) is 8.68. The van der Waals surface area contributed by atoms with E-state index in [1.54, 1.807) is 13.3 Å². The molecule has 2 aromatic heterocycles. The summed E-state index contributed by atoms with van der Waals surface area (Å²) in [6, 6.07) is 22.4. The number of aromatic nitrogens is 4. The lowest BCUT2D eigenvalue weighted by atomic mass is 10.2. The van der Waals surface area contributed by atoms with Crippen molar-refractivity contribution in [2.45, 2.75) is 13.1 Å². The van der Waals surface area contributed by atoms with E-state index in [2.05, 4.69) is 39.0 Å². The molecule has 34 heavy (non-hydrogen) atoms. The quantitative estimate of drug-likeness (QED) is 0.381. The minimum Gasteiger partial charge on any atom is -0.497 e. The van der Waals surface area contributed by atoms with Crippen LogP contribution in [-0.2, 0) is 6.67 Å². The Bertz CT molecular complexity index is 1270. The average molecular weight is 473 g/mol. The molecule has 4 aromatic rings. The summed E-state index contributed by atoms with van der Waals surface area (Å²) >= 11 is 5.91. The van der Waals surface area contributed by atoms with E-state index < -0.39 is 0 Å². The van der Waals surface area contributed by atoms with Gasteiger partial charge in [0.2, 0.25) is 4.77 Å². The fourth-order valence-electron chi connectivity index (χ4n) is 4.34. The molecule has 174 valence electrons. The molecule has 1 aliphatic rings. The van der Waals surface area contributed by atoms with Crippen LogP contribution in [-0.4, -0.2) is 57.5 Å². The Kier molecular flexibility index (Phi) is 6.69. The van der Waals surface area contributed by atoms with Gasteiger partial charge in [0, 0.05) is 55.5 Å². The van der Waals surface area contributed by atoms with Crippen LogP contribution in [0.3, 0.4) is 0 Å². The fraction of sp³-hybridized carbons (Fsp3) is 0.269. The van der Waals surface area contributed by atoms with Crippen molar-refractivity contribution < 1.29 is 4.74 Å². The molecule has 1 fully saturated rings. The molecule has 0 aliphatic carbocycles. The molecule has 8 heteroatoms. The van der Waals surface area contributed by atoms with Crippen molar-refractivity contribution >= 4 is 17.9 Å². The SMILES string of the molecule is COc1ccc(N2CCCN(Cn3nc(-c4cccnc4)n(-c4ccccc4)c3=S)CC2)cc1. The molecule has 0 unspecified atom stereocenters. The van der Waals surface area contributed by atoms with Crippen LogP contribution < -0.4 is 9.64 Å². The Morgan fingerprint density at radius 3 is 2.44 bits per heavy atom. The van der Waals surface area contributed by atoms with Gasteiger partial charge < -0.3 is 9.64 Å². The molecule has 2 aromatic carbocycles. The van der Waals surface area contributed by atoms with Crippen molar-refractivity contribution in [2.75, 3.05) is 38.2 Å². The summed E-state index contributed by atoms with van der Waals surface area (Å²) in [5.74, 6) is 1.69. The number of para-hydroxylation sites is 1. The molecule has 0 atom stereocenters. The molecule has 1 aliphatic heterocycles. The van der Waals surface area contributed by atoms with E-state index in [0.717, 1.165) is 55.4 Å². The maximum Gasteiger partial charge on any atom is 0.204 e. The van der Waals surface area contributed by atoms with Gasteiger partial charge in [-0.1, -0.05) is 18.2 Å². The summed E-state index contributed by atoms with van der Waals surface area (Å²) in [5, 5.41) is 4.94. The molecule has 0 radical (unpaired) electrons. The number of benzene rings is 2. The second kappa shape index (κ2) is 10.2. The van der Waals surface area contributed by atoms with Crippen LogP contribution in [0.4, 0.5) is 5.69 Å². The molecule has 0 amide bonds. The Morgan fingerprint density at radius 1 is 0.882 bits per heavy atom. The zero-order chi connectivity index (χ0) is 23.3. The Labute approximate surface area is 204 Å². The van der Waals surface area contributed by atoms with Crippen molar-refractivity contribution in [2.24, 2.45) is 0 Å². The van der Waals surface area contributed by atoms with E-state index in [0.29, 0.717) is 11.4 Å². The van der Waals surface area contributed by atoms with Crippen LogP contribution in [0.5, 0.6) is 5.75 Å². The van der Waals surface area contributed by atoms with Crippen molar-refractivity contribution in [3.8, 4) is 22.8 Å². The Morgan fingerprint density at radius 2 is 1.71 bits per heavy atom. The number of pyridine rings is 1. The van der Waals surface area contributed by atoms with Gasteiger partial charge in [-0.2, -0.15) is 0 Å². The van der Waals surface area contributed by atoms with E-state index in [9.17, 15) is 0 Å². The number of nitrogens with zero attached hydrogens (tertiary/aromatic N) is 6. The first kappa shape index (κ1) is 22.3. The maximum atomic E-state index is 5.91. The minimum absolute atomic E-state index is 0.655. The van der Waals surface area contributed by atoms with E-state index >= 15 is 0 Å². The van der Waals surface area contributed by atoms with Crippen molar-refractivity contribution in [3.05, 3.63) is 83.9 Å². The summed E-state index contributed by atoms with van der Waals surface area (Å²) in [5.41, 5.74) is 3.17. The highest BCUT2D eigenvalue weighted by Crippen LogP contribution is 2.23. The van der Waals surface area contributed by atoms with Crippen molar-refractivity contribution in [3.63, 3.8) is 0 Å². The standard InChI is InChI=1S/C26H28N6OS/c1-33-24-12-10-22(11-13-24)30-16-6-15-29(17-18-30)20-31-26(34)32(23-8-3-2-4-9-23)25(28-31)21-7-5-14-27-19-21/h2-5,7-14,19H,6,15-18,20H2,1H3. The van der Waals surface area contributed by atoms with Crippen LogP contribution in [0.1, 0.15) is 6.42 Å². The predicted octanol–water partition coefficient (Wildman–Crippen LogP) is 4.64. The maximum absolute atomic E-state index is 5.91. The lowest BCUT2D eigenvalue weighted by Gasteiger charge is -2.23. The largest absolute Gasteiger partial charge is 0.497 e. The van der Waals surface area contributed by atoms with Gasteiger partial charge >= 0.3 is 0 Å². The summed E-state index contributed by atoms with van der Waals surface area (Å²) < 4.78 is 9.95. The Balaban J connectivity index is 1.38. The monoisotopic (exact) mass is 472 g/mol. The number of anilines is 1.